The molecule has 2 atom stereocenters. The SMILES string of the molecule is CCCNC(CCN1CCC(N2CCCCC2)C1)C(N)=O. The summed E-state index contributed by atoms with van der Waals surface area (Å²) in [7, 11) is 0. The summed E-state index contributed by atoms with van der Waals surface area (Å²) in [6, 6.07) is 0.569. The van der Waals surface area contributed by atoms with Gasteiger partial charge in [-0.05, 0) is 58.3 Å². The Bertz CT molecular complexity index is 317. The zero-order chi connectivity index (χ0) is 15.1. The summed E-state index contributed by atoms with van der Waals surface area (Å²) < 4.78 is 0. The minimum atomic E-state index is -0.213. The first-order chi connectivity index (χ1) is 10.2. The number of nitrogens with one attached hydrogen (secondary N) is 1. The molecule has 0 aromatic heterocycles. The van der Waals surface area contributed by atoms with Crippen molar-refractivity contribution < 1.29 is 4.79 Å². The first kappa shape index (κ1) is 16.7. The van der Waals surface area contributed by atoms with Crippen LogP contribution < -0.4 is 11.1 Å². The van der Waals surface area contributed by atoms with Crippen molar-refractivity contribution >= 4 is 5.91 Å². The van der Waals surface area contributed by atoms with Crippen molar-refractivity contribution in [3.05, 3.63) is 0 Å². The topological polar surface area (TPSA) is 61.6 Å². The second-order valence-electron chi connectivity index (χ2n) is 6.54. The number of nitrogens with two attached hydrogens (primary N) is 1. The van der Waals surface area contributed by atoms with Crippen molar-refractivity contribution in [1.82, 2.24) is 15.1 Å². The lowest BCUT2D eigenvalue weighted by Crippen LogP contribution is -2.44. The van der Waals surface area contributed by atoms with Gasteiger partial charge in [0.2, 0.25) is 5.91 Å². The van der Waals surface area contributed by atoms with Crippen LogP contribution in [0.15, 0.2) is 0 Å². The minimum Gasteiger partial charge on any atom is -0.368 e. The Hall–Kier alpha value is -0.650. The van der Waals surface area contributed by atoms with Gasteiger partial charge in [0.1, 0.15) is 0 Å². The number of amides is 1. The van der Waals surface area contributed by atoms with Crippen LogP contribution in [-0.4, -0.2) is 67.1 Å². The third kappa shape index (κ3) is 5.24. The quantitative estimate of drug-likeness (QED) is 0.695. The van der Waals surface area contributed by atoms with Gasteiger partial charge in [-0.15, -0.1) is 0 Å². The maximum absolute atomic E-state index is 11.5. The molecule has 122 valence electrons. The zero-order valence-electron chi connectivity index (χ0n) is 13.5. The highest BCUT2D eigenvalue weighted by Crippen LogP contribution is 2.20. The van der Waals surface area contributed by atoms with Crippen molar-refractivity contribution in [3.63, 3.8) is 0 Å². The molecule has 2 rings (SSSR count). The molecule has 0 spiro atoms. The molecule has 5 heteroatoms. The summed E-state index contributed by atoms with van der Waals surface area (Å²) in [6.45, 7) is 8.84. The van der Waals surface area contributed by atoms with Gasteiger partial charge in [-0.1, -0.05) is 13.3 Å². The lowest BCUT2D eigenvalue weighted by Gasteiger charge is -2.32. The zero-order valence-corrected chi connectivity index (χ0v) is 13.5. The predicted octanol–water partition coefficient (Wildman–Crippen LogP) is 0.790. The average molecular weight is 296 g/mol. The van der Waals surface area contributed by atoms with Crippen LogP contribution in [0.4, 0.5) is 0 Å². The van der Waals surface area contributed by atoms with E-state index < -0.39 is 0 Å². The predicted molar refractivity (Wildman–Crippen MR) is 86.2 cm³/mol. The largest absolute Gasteiger partial charge is 0.368 e. The van der Waals surface area contributed by atoms with Crippen LogP contribution in [0.2, 0.25) is 0 Å². The van der Waals surface area contributed by atoms with E-state index in [1.54, 1.807) is 0 Å². The van der Waals surface area contributed by atoms with E-state index in [0.717, 1.165) is 32.0 Å². The molecule has 0 aromatic carbocycles. The third-order valence-electron chi connectivity index (χ3n) is 4.87. The Balaban J connectivity index is 1.70. The van der Waals surface area contributed by atoms with E-state index in [0.29, 0.717) is 0 Å². The van der Waals surface area contributed by atoms with Gasteiger partial charge in [-0.25, -0.2) is 0 Å². The monoisotopic (exact) mass is 296 g/mol. The van der Waals surface area contributed by atoms with Gasteiger partial charge < -0.3 is 16.0 Å². The molecule has 3 N–H and O–H groups in total. The highest BCUT2D eigenvalue weighted by atomic mass is 16.1. The van der Waals surface area contributed by atoms with Crippen molar-refractivity contribution in [2.45, 2.75) is 57.5 Å². The standard InChI is InChI=1S/C16H32N4O/c1-2-8-18-15(16(17)21)7-12-19-11-6-14(13-19)20-9-4-3-5-10-20/h14-15,18H,2-13H2,1H3,(H2,17,21). The van der Waals surface area contributed by atoms with Gasteiger partial charge in [-0.2, -0.15) is 0 Å². The Morgan fingerprint density at radius 1 is 1.29 bits per heavy atom. The second kappa shape index (κ2) is 8.71. The molecule has 21 heavy (non-hydrogen) atoms. The summed E-state index contributed by atoms with van der Waals surface area (Å²) in [5.74, 6) is -0.213. The van der Waals surface area contributed by atoms with Crippen LogP contribution >= 0.6 is 0 Å². The number of hydrogen-bond donors (Lipinski definition) is 2. The number of carbonyl (C=O) groups excluding carboxylic acids is 1. The fraction of sp³-hybridized carbons (Fsp3) is 0.938. The molecule has 2 saturated heterocycles. The van der Waals surface area contributed by atoms with E-state index in [-0.39, 0.29) is 11.9 Å². The summed E-state index contributed by atoms with van der Waals surface area (Å²) in [4.78, 5) is 16.6. The number of primary amides is 1. The normalized spacial score (nSPS) is 26.0. The van der Waals surface area contributed by atoms with Crippen LogP contribution in [0.3, 0.4) is 0 Å². The van der Waals surface area contributed by atoms with E-state index in [2.05, 4.69) is 22.0 Å². The minimum absolute atomic E-state index is 0.168. The smallest absolute Gasteiger partial charge is 0.234 e. The van der Waals surface area contributed by atoms with Gasteiger partial charge in [-0.3, -0.25) is 9.69 Å². The van der Waals surface area contributed by atoms with Crippen LogP contribution in [0.5, 0.6) is 0 Å². The first-order valence-corrected chi connectivity index (χ1v) is 8.69. The fourth-order valence-electron chi connectivity index (χ4n) is 3.57. The molecule has 2 unspecified atom stereocenters. The second-order valence-corrected chi connectivity index (χ2v) is 6.54. The number of likely N-dealkylation sites (tertiary alicyclic amines) is 2. The maximum atomic E-state index is 11.5. The van der Waals surface area contributed by atoms with E-state index in [9.17, 15) is 4.79 Å². The Labute approximate surface area is 129 Å². The lowest BCUT2D eigenvalue weighted by molar-refractivity contribution is -0.120. The van der Waals surface area contributed by atoms with Crippen LogP contribution in [0, 0.1) is 0 Å². The van der Waals surface area contributed by atoms with E-state index >= 15 is 0 Å². The molecule has 2 fully saturated rings. The molecule has 0 aromatic rings. The summed E-state index contributed by atoms with van der Waals surface area (Å²) >= 11 is 0. The van der Waals surface area contributed by atoms with Crippen molar-refractivity contribution in [1.29, 1.82) is 0 Å². The molecule has 1 amide bonds. The molecule has 0 radical (unpaired) electrons. The van der Waals surface area contributed by atoms with Crippen LogP contribution in [-0.2, 0) is 4.79 Å². The number of rotatable bonds is 8. The number of piperidine rings is 1. The van der Waals surface area contributed by atoms with Gasteiger partial charge >= 0.3 is 0 Å². The molecule has 2 heterocycles. The Kier molecular flexibility index (Phi) is 6.93. The molecule has 0 bridgehead atoms. The van der Waals surface area contributed by atoms with Crippen molar-refractivity contribution in [3.8, 4) is 0 Å². The van der Waals surface area contributed by atoms with Gasteiger partial charge in [0.15, 0.2) is 0 Å². The fourth-order valence-corrected chi connectivity index (χ4v) is 3.57. The van der Waals surface area contributed by atoms with E-state index in [1.807, 2.05) is 0 Å². The number of hydrogen-bond acceptors (Lipinski definition) is 4. The van der Waals surface area contributed by atoms with Crippen LogP contribution in [0.1, 0.15) is 45.4 Å². The molecule has 5 nitrogen and oxygen atoms in total. The molecular weight excluding hydrogens is 264 g/mol. The molecule has 2 aliphatic rings. The van der Waals surface area contributed by atoms with Gasteiger partial charge in [0.05, 0.1) is 6.04 Å². The first-order valence-electron chi connectivity index (χ1n) is 8.69. The van der Waals surface area contributed by atoms with Crippen molar-refractivity contribution in [2.24, 2.45) is 5.73 Å². The molecule has 2 aliphatic heterocycles. The average Bonchev–Trinajstić information content (AvgIpc) is 2.97. The van der Waals surface area contributed by atoms with Gasteiger partial charge in [0, 0.05) is 19.1 Å². The number of carbonyl (C=O) groups is 1. The van der Waals surface area contributed by atoms with E-state index in [4.69, 9.17) is 5.73 Å². The Morgan fingerprint density at radius 3 is 2.71 bits per heavy atom. The highest BCUT2D eigenvalue weighted by molar-refractivity contribution is 5.79. The Morgan fingerprint density at radius 2 is 2.05 bits per heavy atom. The summed E-state index contributed by atoms with van der Waals surface area (Å²) in [5.41, 5.74) is 5.48. The molecule has 0 aliphatic carbocycles. The van der Waals surface area contributed by atoms with Gasteiger partial charge in [0.25, 0.3) is 0 Å². The van der Waals surface area contributed by atoms with Crippen molar-refractivity contribution in [2.75, 3.05) is 39.3 Å². The highest BCUT2D eigenvalue weighted by Gasteiger charge is 2.28. The molecule has 0 saturated carbocycles. The van der Waals surface area contributed by atoms with Crippen LogP contribution in [0.25, 0.3) is 0 Å². The number of nitrogens with zero attached hydrogens (tertiary/aromatic N) is 2. The van der Waals surface area contributed by atoms with E-state index in [1.165, 1.54) is 51.9 Å². The third-order valence-corrected chi connectivity index (χ3v) is 4.87. The lowest BCUT2D eigenvalue weighted by atomic mass is 10.1. The summed E-state index contributed by atoms with van der Waals surface area (Å²) in [6.07, 6.45) is 7.27. The maximum Gasteiger partial charge on any atom is 0.234 e. The molecular formula is C16H32N4O. The summed E-state index contributed by atoms with van der Waals surface area (Å²) in [5, 5.41) is 3.26.